The molecule has 7 nitrogen and oxygen atoms in total. The van der Waals surface area contributed by atoms with E-state index in [1.165, 1.54) is 31.4 Å². The molecular weight excluding hydrogens is 326 g/mol. The molecule has 0 fully saturated rings. The lowest BCUT2D eigenvalue weighted by atomic mass is 10.1. The van der Waals surface area contributed by atoms with Crippen LogP contribution in [-0.2, 0) is 6.61 Å². The third kappa shape index (κ3) is 3.45. The Hall–Kier alpha value is -3.35. The standard InChI is InChI=1S/C18H15NO6/c1-11-3-5-14-12(8-18(20)25-16(14)7-11)10-24-15-6-4-13(19(21)22)9-17(15)23-2/h3-9H,10H2,1-2H3. The number of rotatable bonds is 5. The molecule has 0 unspecified atom stereocenters. The summed E-state index contributed by atoms with van der Waals surface area (Å²) < 4.78 is 16.1. The molecule has 2 aromatic carbocycles. The molecule has 1 aromatic heterocycles. The van der Waals surface area contributed by atoms with Crippen molar-refractivity contribution in [3.8, 4) is 11.5 Å². The molecule has 128 valence electrons. The van der Waals surface area contributed by atoms with Gasteiger partial charge in [-0.1, -0.05) is 12.1 Å². The van der Waals surface area contributed by atoms with E-state index in [9.17, 15) is 14.9 Å². The van der Waals surface area contributed by atoms with Gasteiger partial charge in [0.25, 0.3) is 5.69 Å². The van der Waals surface area contributed by atoms with Crippen molar-refractivity contribution in [2.45, 2.75) is 13.5 Å². The minimum Gasteiger partial charge on any atom is -0.493 e. The maximum atomic E-state index is 11.7. The van der Waals surface area contributed by atoms with Crippen molar-refractivity contribution in [1.82, 2.24) is 0 Å². The van der Waals surface area contributed by atoms with E-state index in [0.29, 0.717) is 16.9 Å². The van der Waals surface area contributed by atoms with E-state index in [1.807, 2.05) is 19.1 Å². The Bertz CT molecular complexity index is 1010. The van der Waals surface area contributed by atoms with Crippen LogP contribution in [0.25, 0.3) is 11.0 Å². The van der Waals surface area contributed by atoms with Gasteiger partial charge in [0.05, 0.1) is 18.1 Å². The average molecular weight is 341 g/mol. The maximum absolute atomic E-state index is 11.7. The van der Waals surface area contributed by atoms with Crippen molar-refractivity contribution < 1.29 is 18.8 Å². The van der Waals surface area contributed by atoms with Gasteiger partial charge in [-0.05, 0) is 24.6 Å². The van der Waals surface area contributed by atoms with E-state index in [4.69, 9.17) is 13.9 Å². The fourth-order valence-electron chi connectivity index (χ4n) is 2.50. The summed E-state index contributed by atoms with van der Waals surface area (Å²) in [6, 6.07) is 11.0. The van der Waals surface area contributed by atoms with E-state index in [2.05, 4.69) is 0 Å². The number of hydrogen-bond donors (Lipinski definition) is 0. The van der Waals surface area contributed by atoms with Crippen molar-refractivity contribution in [1.29, 1.82) is 0 Å². The van der Waals surface area contributed by atoms with Crippen LogP contribution in [0.4, 0.5) is 5.69 Å². The number of nitro groups is 1. The first-order valence-electron chi connectivity index (χ1n) is 7.46. The van der Waals surface area contributed by atoms with Crippen molar-refractivity contribution in [3.05, 3.63) is 74.1 Å². The molecule has 3 rings (SSSR count). The second-order valence-electron chi connectivity index (χ2n) is 5.47. The minimum absolute atomic E-state index is 0.0921. The highest BCUT2D eigenvalue weighted by Gasteiger charge is 2.13. The molecule has 3 aromatic rings. The lowest BCUT2D eigenvalue weighted by molar-refractivity contribution is -0.385. The summed E-state index contributed by atoms with van der Waals surface area (Å²) in [7, 11) is 1.40. The van der Waals surface area contributed by atoms with Crippen LogP contribution < -0.4 is 15.1 Å². The summed E-state index contributed by atoms with van der Waals surface area (Å²) in [5, 5.41) is 11.6. The first-order chi connectivity index (χ1) is 12.0. The van der Waals surface area contributed by atoms with Gasteiger partial charge in [0.2, 0.25) is 0 Å². The fourth-order valence-corrected chi connectivity index (χ4v) is 2.50. The van der Waals surface area contributed by atoms with Gasteiger partial charge < -0.3 is 13.9 Å². The Morgan fingerprint density at radius 3 is 2.64 bits per heavy atom. The van der Waals surface area contributed by atoms with Crippen LogP contribution >= 0.6 is 0 Å². The zero-order valence-corrected chi connectivity index (χ0v) is 13.6. The molecule has 0 bridgehead atoms. The molecule has 0 spiro atoms. The van der Waals surface area contributed by atoms with Crippen LogP contribution in [0.15, 0.2) is 51.7 Å². The molecule has 0 N–H and O–H groups in total. The number of hydrogen-bond acceptors (Lipinski definition) is 6. The molecule has 0 radical (unpaired) electrons. The molecule has 25 heavy (non-hydrogen) atoms. The fraction of sp³-hybridized carbons (Fsp3) is 0.167. The molecule has 7 heteroatoms. The number of fused-ring (bicyclic) bond motifs is 1. The van der Waals surface area contributed by atoms with E-state index in [1.54, 1.807) is 6.07 Å². The van der Waals surface area contributed by atoms with E-state index < -0.39 is 10.5 Å². The molecule has 0 aliphatic rings. The van der Waals surface area contributed by atoms with Gasteiger partial charge in [-0.2, -0.15) is 0 Å². The van der Waals surface area contributed by atoms with Crippen molar-refractivity contribution in [2.75, 3.05) is 7.11 Å². The number of nitro benzene ring substituents is 1. The number of ether oxygens (including phenoxy) is 2. The highest BCUT2D eigenvalue weighted by molar-refractivity contribution is 5.80. The summed E-state index contributed by atoms with van der Waals surface area (Å²) in [5.74, 6) is 0.596. The van der Waals surface area contributed by atoms with Crippen LogP contribution in [0, 0.1) is 17.0 Å². The quantitative estimate of drug-likeness (QED) is 0.400. The Balaban J connectivity index is 1.93. The van der Waals surface area contributed by atoms with Gasteiger partial charge in [-0.15, -0.1) is 0 Å². The predicted octanol–water partition coefficient (Wildman–Crippen LogP) is 3.60. The summed E-state index contributed by atoms with van der Waals surface area (Å²) in [4.78, 5) is 22.1. The van der Waals surface area contributed by atoms with E-state index in [-0.39, 0.29) is 18.0 Å². The molecule has 0 aliphatic carbocycles. The third-order valence-electron chi connectivity index (χ3n) is 3.73. The Kier molecular flexibility index (Phi) is 4.38. The number of methoxy groups -OCH3 is 1. The molecule has 0 saturated carbocycles. The Morgan fingerprint density at radius 1 is 1.12 bits per heavy atom. The number of benzene rings is 2. The summed E-state index contributed by atoms with van der Waals surface area (Å²) in [5.41, 5.74) is 1.57. The number of aryl methyl sites for hydroxylation is 1. The lowest BCUT2D eigenvalue weighted by Gasteiger charge is -2.11. The minimum atomic E-state index is -0.509. The molecule has 0 aliphatic heterocycles. The topological polar surface area (TPSA) is 91.8 Å². The van der Waals surface area contributed by atoms with Crippen LogP contribution in [0.3, 0.4) is 0 Å². The van der Waals surface area contributed by atoms with Crippen molar-refractivity contribution >= 4 is 16.7 Å². The van der Waals surface area contributed by atoms with Crippen LogP contribution in [0.1, 0.15) is 11.1 Å². The summed E-state index contributed by atoms with van der Waals surface area (Å²) >= 11 is 0. The average Bonchev–Trinajstić information content (AvgIpc) is 2.58. The predicted molar refractivity (Wildman–Crippen MR) is 91.2 cm³/mol. The monoisotopic (exact) mass is 341 g/mol. The smallest absolute Gasteiger partial charge is 0.336 e. The molecule has 0 saturated heterocycles. The summed E-state index contributed by atoms with van der Waals surface area (Å²) in [6.07, 6.45) is 0. The van der Waals surface area contributed by atoms with Crippen LogP contribution in [0.5, 0.6) is 11.5 Å². The second-order valence-corrected chi connectivity index (χ2v) is 5.47. The first kappa shape index (κ1) is 16.5. The highest BCUT2D eigenvalue weighted by Crippen LogP contribution is 2.32. The SMILES string of the molecule is COc1cc([N+](=O)[O-])ccc1OCc1cc(=O)oc2cc(C)ccc12. The van der Waals surface area contributed by atoms with E-state index in [0.717, 1.165) is 10.9 Å². The zero-order chi connectivity index (χ0) is 18.0. The highest BCUT2D eigenvalue weighted by atomic mass is 16.6. The maximum Gasteiger partial charge on any atom is 0.336 e. The van der Waals surface area contributed by atoms with Gasteiger partial charge in [0, 0.05) is 23.1 Å². The van der Waals surface area contributed by atoms with E-state index >= 15 is 0 Å². The van der Waals surface area contributed by atoms with Crippen LogP contribution in [0.2, 0.25) is 0 Å². The van der Waals surface area contributed by atoms with Crippen molar-refractivity contribution in [2.24, 2.45) is 0 Å². The largest absolute Gasteiger partial charge is 0.493 e. The van der Waals surface area contributed by atoms with Gasteiger partial charge in [0.15, 0.2) is 11.5 Å². The Labute approximate surface area is 142 Å². The van der Waals surface area contributed by atoms with Gasteiger partial charge in [0.1, 0.15) is 12.2 Å². The normalized spacial score (nSPS) is 10.6. The third-order valence-corrected chi connectivity index (χ3v) is 3.73. The Morgan fingerprint density at radius 2 is 1.92 bits per heavy atom. The van der Waals surface area contributed by atoms with Gasteiger partial charge >= 0.3 is 5.63 Å². The molecule has 0 atom stereocenters. The van der Waals surface area contributed by atoms with Crippen molar-refractivity contribution in [3.63, 3.8) is 0 Å². The second kappa shape index (κ2) is 6.64. The molecular formula is C18H15NO6. The van der Waals surface area contributed by atoms with Gasteiger partial charge in [-0.25, -0.2) is 4.79 Å². The first-order valence-corrected chi connectivity index (χ1v) is 7.46. The van der Waals surface area contributed by atoms with Crippen LogP contribution in [-0.4, -0.2) is 12.0 Å². The number of nitrogens with zero attached hydrogens (tertiary/aromatic N) is 1. The number of non-ortho nitro benzene ring substituents is 1. The molecule has 1 heterocycles. The van der Waals surface area contributed by atoms with Gasteiger partial charge in [-0.3, -0.25) is 10.1 Å². The lowest BCUT2D eigenvalue weighted by Crippen LogP contribution is -2.05. The molecule has 0 amide bonds. The summed E-state index contributed by atoms with van der Waals surface area (Å²) in [6.45, 7) is 2.00. The zero-order valence-electron chi connectivity index (χ0n) is 13.6.